The van der Waals surface area contributed by atoms with E-state index in [4.69, 9.17) is 21.3 Å². The Kier molecular flexibility index (Phi) is 4.90. The summed E-state index contributed by atoms with van der Waals surface area (Å²) in [4.78, 5) is 5.13. The molecule has 2 fully saturated rings. The minimum absolute atomic E-state index is 0.0508. The van der Waals surface area contributed by atoms with Crippen LogP contribution in [0.25, 0.3) is 0 Å². The van der Waals surface area contributed by atoms with Gasteiger partial charge in [-0.25, -0.2) is 4.98 Å². The van der Waals surface area contributed by atoms with E-state index >= 15 is 0 Å². The first-order valence-electron chi connectivity index (χ1n) is 8.78. The van der Waals surface area contributed by atoms with Gasteiger partial charge in [0.25, 0.3) is 0 Å². The second kappa shape index (κ2) is 7.12. The van der Waals surface area contributed by atoms with Crippen LogP contribution in [0.5, 0.6) is 0 Å². The van der Waals surface area contributed by atoms with Gasteiger partial charge in [-0.15, -0.1) is 11.3 Å². The zero-order valence-corrected chi connectivity index (χ0v) is 15.3. The monoisotopic (exact) mass is 362 g/mol. The zero-order valence-electron chi connectivity index (χ0n) is 13.8. The van der Waals surface area contributed by atoms with Crippen LogP contribution in [0.3, 0.4) is 0 Å². The summed E-state index contributed by atoms with van der Waals surface area (Å²) in [6.07, 6.45) is 4.34. The number of thiazole rings is 1. The number of rotatable bonds is 3. The Balaban J connectivity index is 1.70. The molecule has 1 N–H and O–H groups in total. The van der Waals surface area contributed by atoms with Crippen LogP contribution >= 0.6 is 22.9 Å². The fraction of sp³-hybridized carbons (Fsp3) is 0.526. The second-order valence-corrected chi connectivity index (χ2v) is 8.13. The normalized spacial score (nSPS) is 21.7. The molecule has 24 heavy (non-hydrogen) atoms. The Morgan fingerprint density at radius 1 is 1.21 bits per heavy atom. The van der Waals surface area contributed by atoms with Crippen molar-refractivity contribution in [2.45, 2.75) is 37.0 Å². The molecule has 0 bridgehead atoms. The summed E-state index contributed by atoms with van der Waals surface area (Å²) in [5.74, 6) is 0.612. The first-order chi connectivity index (χ1) is 11.8. The zero-order chi connectivity index (χ0) is 16.4. The van der Waals surface area contributed by atoms with Crippen LogP contribution in [0, 0.1) is 0 Å². The molecule has 0 atom stereocenters. The lowest BCUT2D eigenvalue weighted by Gasteiger charge is -2.36. The van der Waals surface area contributed by atoms with Gasteiger partial charge in [-0.2, -0.15) is 0 Å². The topological polar surface area (TPSA) is 34.2 Å². The maximum atomic E-state index is 6.28. The van der Waals surface area contributed by atoms with Gasteiger partial charge in [0.05, 0.1) is 10.7 Å². The average molecular weight is 363 g/mol. The maximum Gasteiger partial charge on any atom is 0.0960 e. The van der Waals surface area contributed by atoms with Crippen LogP contribution in [0.1, 0.15) is 47.9 Å². The highest BCUT2D eigenvalue weighted by Gasteiger charge is 2.39. The van der Waals surface area contributed by atoms with E-state index in [-0.39, 0.29) is 5.41 Å². The number of hydrogen-bond acceptors (Lipinski definition) is 4. The van der Waals surface area contributed by atoms with Gasteiger partial charge in [0.2, 0.25) is 0 Å². The number of hydrogen-bond donors (Lipinski definition) is 1. The largest absolute Gasteiger partial charge is 0.381 e. The third-order valence-corrected chi connectivity index (χ3v) is 6.67. The molecular weight excluding hydrogens is 340 g/mol. The van der Waals surface area contributed by atoms with Crippen LogP contribution in [-0.2, 0) is 10.2 Å². The summed E-state index contributed by atoms with van der Waals surface area (Å²) in [6.45, 7) is 3.78. The van der Waals surface area contributed by atoms with Crippen molar-refractivity contribution in [2.75, 3.05) is 26.3 Å². The molecule has 2 aliphatic heterocycles. The lowest BCUT2D eigenvalue weighted by atomic mass is 9.72. The fourth-order valence-corrected chi connectivity index (χ4v) is 5.24. The molecule has 1 aromatic carbocycles. The smallest absolute Gasteiger partial charge is 0.0960 e. The molecule has 128 valence electrons. The minimum atomic E-state index is -0.0508. The summed E-state index contributed by atoms with van der Waals surface area (Å²) >= 11 is 8.12. The maximum absolute atomic E-state index is 6.28. The Morgan fingerprint density at radius 2 is 2.00 bits per heavy atom. The molecule has 2 aliphatic rings. The number of nitrogens with one attached hydrogen (secondary N) is 1. The van der Waals surface area contributed by atoms with Crippen molar-refractivity contribution in [1.29, 1.82) is 0 Å². The molecule has 0 amide bonds. The van der Waals surface area contributed by atoms with Gasteiger partial charge in [0, 0.05) is 34.9 Å². The highest BCUT2D eigenvalue weighted by molar-refractivity contribution is 7.09. The Hall–Kier alpha value is -0.940. The number of piperidine rings is 1. The summed E-state index contributed by atoms with van der Waals surface area (Å²) in [6, 6.07) is 8.30. The third-order valence-electron chi connectivity index (χ3n) is 5.42. The van der Waals surface area contributed by atoms with Crippen molar-refractivity contribution in [3.63, 3.8) is 0 Å². The number of ether oxygens (including phenoxy) is 1. The molecule has 5 heteroatoms. The molecule has 0 unspecified atom stereocenters. The molecule has 0 spiro atoms. The van der Waals surface area contributed by atoms with Crippen LogP contribution < -0.4 is 5.32 Å². The van der Waals surface area contributed by atoms with Crippen molar-refractivity contribution in [3.8, 4) is 0 Å². The van der Waals surface area contributed by atoms with Crippen molar-refractivity contribution < 1.29 is 4.74 Å². The van der Waals surface area contributed by atoms with E-state index in [0.717, 1.165) is 44.2 Å². The first-order valence-corrected chi connectivity index (χ1v) is 10.0. The quantitative estimate of drug-likeness (QED) is 0.880. The van der Waals surface area contributed by atoms with Gasteiger partial charge in [-0.3, -0.25) is 0 Å². The van der Waals surface area contributed by atoms with Crippen LogP contribution in [-0.4, -0.2) is 31.3 Å². The standard InChI is InChI=1S/C19H23ClN2OS/c20-16-3-1-2-15(12-16)19(6-10-23-11-7-19)17-13-24-18(22-17)14-4-8-21-9-5-14/h1-3,12-14,21H,4-11H2. The van der Waals surface area contributed by atoms with Crippen LogP contribution in [0.2, 0.25) is 5.02 Å². The first kappa shape index (κ1) is 16.5. The van der Waals surface area contributed by atoms with E-state index in [1.54, 1.807) is 0 Å². The number of aromatic nitrogens is 1. The molecule has 0 aliphatic carbocycles. The van der Waals surface area contributed by atoms with Gasteiger partial charge < -0.3 is 10.1 Å². The van der Waals surface area contributed by atoms with Crippen LogP contribution in [0.15, 0.2) is 29.6 Å². The van der Waals surface area contributed by atoms with Crippen molar-refractivity contribution >= 4 is 22.9 Å². The van der Waals surface area contributed by atoms with Crippen molar-refractivity contribution in [2.24, 2.45) is 0 Å². The fourth-order valence-electron chi connectivity index (χ4n) is 3.96. The molecule has 3 nitrogen and oxygen atoms in total. The van der Waals surface area contributed by atoms with Gasteiger partial charge in [0.15, 0.2) is 0 Å². The summed E-state index contributed by atoms with van der Waals surface area (Å²) in [5, 5.41) is 7.82. The predicted molar refractivity (Wildman–Crippen MR) is 99.2 cm³/mol. The molecular formula is C19H23ClN2OS. The van der Waals surface area contributed by atoms with Gasteiger partial charge in [-0.05, 0) is 56.5 Å². The van der Waals surface area contributed by atoms with Crippen LogP contribution in [0.4, 0.5) is 0 Å². The molecule has 2 aromatic rings. The molecule has 1 aromatic heterocycles. The summed E-state index contributed by atoms with van der Waals surface area (Å²) in [7, 11) is 0. The lowest BCUT2D eigenvalue weighted by molar-refractivity contribution is 0.0619. The van der Waals surface area contributed by atoms with Gasteiger partial charge in [-0.1, -0.05) is 23.7 Å². The predicted octanol–water partition coefficient (Wildman–Crippen LogP) is 4.36. The summed E-state index contributed by atoms with van der Waals surface area (Å²) < 4.78 is 5.66. The molecule has 2 saturated heterocycles. The van der Waals surface area contributed by atoms with Gasteiger partial charge in [0.1, 0.15) is 0 Å². The van der Waals surface area contributed by atoms with Gasteiger partial charge >= 0.3 is 0 Å². The SMILES string of the molecule is Clc1cccc(C2(c3csc(C4CCNCC4)n3)CCOCC2)c1. The van der Waals surface area contributed by atoms with E-state index < -0.39 is 0 Å². The second-order valence-electron chi connectivity index (χ2n) is 6.80. The Labute approximate surface area is 152 Å². The van der Waals surface area contributed by atoms with E-state index in [9.17, 15) is 0 Å². The van der Waals surface area contributed by atoms with Crippen molar-refractivity contribution in [3.05, 3.63) is 50.9 Å². The van der Waals surface area contributed by atoms with E-state index in [1.807, 2.05) is 17.4 Å². The average Bonchev–Trinajstić information content (AvgIpc) is 3.14. The van der Waals surface area contributed by atoms with E-state index in [0.29, 0.717) is 5.92 Å². The molecule has 4 rings (SSSR count). The third kappa shape index (κ3) is 3.13. The lowest BCUT2D eigenvalue weighted by Crippen LogP contribution is -2.35. The van der Waals surface area contributed by atoms with E-state index in [2.05, 4.69) is 28.9 Å². The Bertz CT molecular complexity index is 690. The number of benzene rings is 1. The highest BCUT2D eigenvalue weighted by Crippen LogP contribution is 2.43. The summed E-state index contributed by atoms with van der Waals surface area (Å²) in [5.41, 5.74) is 2.44. The number of halogens is 1. The highest BCUT2D eigenvalue weighted by atomic mass is 35.5. The molecule has 0 radical (unpaired) electrons. The van der Waals surface area contributed by atoms with Crippen molar-refractivity contribution in [1.82, 2.24) is 10.3 Å². The molecule has 0 saturated carbocycles. The molecule has 3 heterocycles. The number of nitrogens with zero attached hydrogens (tertiary/aromatic N) is 1. The van der Waals surface area contributed by atoms with E-state index in [1.165, 1.54) is 29.1 Å². The Morgan fingerprint density at radius 3 is 2.75 bits per heavy atom. The minimum Gasteiger partial charge on any atom is -0.381 e.